The minimum absolute atomic E-state index is 0.0954. The van der Waals surface area contributed by atoms with Gasteiger partial charge in [0.1, 0.15) is 0 Å². The van der Waals surface area contributed by atoms with Crippen LogP contribution in [0.2, 0.25) is 0 Å². The predicted octanol–water partition coefficient (Wildman–Crippen LogP) is 3.97. The summed E-state index contributed by atoms with van der Waals surface area (Å²) in [6, 6.07) is 7.27. The van der Waals surface area contributed by atoms with Crippen LogP contribution in [0.5, 0.6) is 0 Å². The molecule has 0 saturated carbocycles. The van der Waals surface area contributed by atoms with Gasteiger partial charge in [0, 0.05) is 23.7 Å². The highest BCUT2D eigenvalue weighted by Gasteiger charge is 2.17. The van der Waals surface area contributed by atoms with Gasteiger partial charge in [-0.3, -0.25) is 9.59 Å². The van der Waals surface area contributed by atoms with E-state index in [0.29, 0.717) is 11.0 Å². The lowest BCUT2D eigenvalue weighted by Gasteiger charge is -2.12. The Morgan fingerprint density at radius 3 is 2.35 bits per heavy atom. The number of carbonyl (C=O) groups excluding carboxylic acids is 2. The Balaban J connectivity index is 2.02. The first-order chi connectivity index (χ1) is 10.9. The summed E-state index contributed by atoms with van der Waals surface area (Å²) in [6.07, 6.45) is 1.80. The SMILES string of the molecule is CC(=O)Nc1ccc([C@H](C)C(=O)N[14c]2ncc(C(C)C)s2)cc1. The normalized spacial score (nSPS) is 12.0. The maximum Gasteiger partial charge on any atom is 0.233 e. The molecule has 0 unspecified atom stereocenters. The van der Waals surface area contributed by atoms with Gasteiger partial charge in [-0.25, -0.2) is 4.98 Å². The molecule has 0 spiro atoms. The van der Waals surface area contributed by atoms with Gasteiger partial charge in [-0.15, -0.1) is 11.3 Å². The lowest BCUT2D eigenvalue weighted by molar-refractivity contribution is -0.117. The van der Waals surface area contributed by atoms with E-state index < -0.39 is 0 Å². The van der Waals surface area contributed by atoms with Gasteiger partial charge in [0.15, 0.2) is 5.13 Å². The van der Waals surface area contributed by atoms with Crippen LogP contribution in [0.1, 0.15) is 50.0 Å². The first-order valence-corrected chi connectivity index (χ1v) is 8.32. The number of carbonyl (C=O) groups is 2. The van der Waals surface area contributed by atoms with E-state index >= 15 is 0 Å². The summed E-state index contributed by atoms with van der Waals surface area (Å²) in [5.74, 6) is -0.111. The molecule has 2 amide bonds. The Morgan fingerprint density at radius 2 is 1.83 bits per heavy atom. The standard InChI is InChI=1S/C17H21N3O2S/c1-10(2)15-9-18-17(23-15)20-16(22)11(3)13-5-7-14(8-6-13)19-12(4)21/h5-11H,1-4H3,(H,19,21)(H,18,20,22)/t11-/m0/s1/i17+2. The van der Waals surface area contributed by atoms with Crippen molar-refractivity contribution in [1.29, 1.82) is 0 Å². The summed E-state index contributed by atoms with van der Waals surface area (Å²) in [7, 11) is 0. The Labute approximate surface area is 140 Å². The number of nitrogens with zero attached hydrogens (tertiary/aromatic N) is 1. The Bertz CT molecular complexity index is 692. The van der Waals surface area contributed by atoms with Crippen molar-refractivity contribution in [2.24, 2.45) is 0 Å². The first kappa shape index (κ1) is 17.1. The number of thiazole rings is 1. The van der Waals surface area contributed by atoms with E-state index in [1.165, 1.54) is 18.3 Å². The molecule has 1 heterocycles. The number of hydrogen-bond donors (Lipinski definition) is 2. The topological polar surface area (TPSA) is 71.1 Å². The lowest BCUT2D eigenvalue weighted by Crippen LogP contribution is -2.18. The van der Waals surface area contributed by atoms with Gasteiger partial charge in [0.2, 0.25) is 11.8 Å². The third-order valence-corrected chi connectivity index (χ3v) is 4.66. The van der Waals surface area contributed by atoms with Crippen molar-refractivity contribution in [2.75, 3.05) is 10.6 Å². The molecule has 1 aromatic heterocycles. The van der Waals surface area contributed by atoms with Crippen molar-refractivity contribution in [3.05, 3.63) is 40.9 Å². The highest BCUT2D eigenvalue weighted by molar-refractivity contribution is 7.15. The molecule has 0 aliphatic rings. The number of amides is 2. The third-order valence-electron chi connectivity index (χ3n) is 3.45. The molecule has 0 aliphatic carbocycles. The molecule has 6 heteroatoms. The summed E-state index contributed by atoms with van der Waals surface area (Å²) >= 11 is 1.50. The fraction of sp³-hybridized carbons (Fsp3) is 0.353. The summed E-state index contributed by atoms with van der Waals surface area (Å²) < 4.78 is 0. The Morgan fingerprint density at radius 1 is 1.17 bits per heavy atom. The molecular formula is C17H21N3O2S. The summed E-state index contributed by atoms with van der Waals surface area (Å²) in [6.45, 7) is 7.50. The molecule has 23 heavy (non-hydrogen) atoms. The average Bonchev–Trinajstić information content (AvgIpc) is 2.95. The highest BCUT2D eigenvalue weighted by atomic mass is 32.1. The van der Waals surface area contributed by atoms with Crippen LogP contribution in [0.25, 0.3) is 0 Å². The van der Waals surface area contributed by atoms with Crippen molar-refractivity contribution in [3.63, 3.8) is 0 Å². The molecule has 2 N–H and O–H groups in total. The Hall–Kier alpha value is -2.21. The zero-order valence-electron chi connectivity index (χ0n) is 13.7. The summed E-state index contributed by atoms with van der Waals surface area (Å²) in [5, 5.41) is 6.19. The van der Waals surface area contributed by atoms with Crippen LogP contribution in [0.4, 0.5) is 10.8 Å². The monoisotopic (exact) mass is 333 g/mol. The lowest BCUT2D eigenvalue weighted by atomic mass is 10.0. The van der Waals surface area contributed by atoms with Crippen LogP contribution in [-0.2, 0) is 9.59 Å². The first-order valence-electron chi connectivity index (χ1n) is 7.51. The van der Waals surface area contributed by atoms with Gasteiger partial charge in [0.05, 0.1) is 5.92 Å². The fourth-order valence-corrected chi connectivity index (χ4v) is 2.86. The second kappa shape index (κ2) is 7.37. The molecular weight excluding hydrogens is 312 g/mol. The van der Waals surface area contributed by atoms with E-state index in [2.05, 4.69) is 29.5 Å². The Kier molecular flexibility index (Phi) is 5.50. The minimum atomic E-state index is -0.298. The van der Waals surface area contributed by atoms with Crippen molar-refractivity contribution in [1.82, 2.24) is 4.98 Å². The van der Waals surface area contributed by atoms with Gasteiger partial charge < -0.3 is 10.6 Å². The number of hydrogen-bond acceptors (Lipinski definition) is 4. The van der Waals surface area contributed by atoms with E-state index in [0.717, 1.165) is 16.1 Å². The molecule has 0 saturated heterocycles. The van der Waals surface area contributed by atoms with E-state index in [-0.39, 0.29) is 17.7 Å². The van der Waals surface area contributed by atoms with E-state index in [9.17, 15) is 9.59 Å². The van der Waals surface area contributed by atoms with Gasteiger partial charge in [-0.2, -0.15) is 0 Å². The molecule has 0 aliphatic heterocycles. The van der Waals surface area contributed by atoms with Crippen LogP contribution in [0, 0.1) is 0 Å². The van der Waals surface area contributed by atoms with Crippen molar-refractivity contribution in [3.8, 4) is 0 Å². The molecule has 2 rings (SSSR count). The third kappa shape index (κ3) is 4.63. The number of anilines is 2. The van der Waals surface area contributed by atoms with Gasteiger partial charge in [0.25, 0.3) is 0 Å². The largest absolute Gasteiger partial charge is 0.326 e. The highest BCUT2D eigenvalue weighted by Crippen LogP contribution is 2.26. The molecule has 1 atom stereocenters. The zero-order chi connectivity index (χ0) is 17.0. The zero-order valence-corrected chi connectivity index (χ0v) is 14.5. The second-order valence-corrected chi connectivity index (χ2v) is 6.80. The number of nitrogens with one attached hydrogen (secondary N) is 2. The molecule has 5 nitrogen and oxygen atoms in total. The predicted molar refractivity (Wildman–Crippen MR) is 94.0 cm³/mol. The van der Waals surface area contributed by atoms with Crippen LogP contribution in [-0.4, -0.2) is 16.8 Å². The van der Waals surface area contributed by atoms with Gasteiger partial charge in [-0.05, 0) is 30.5 Å². The van der Waals surface area contributed by atoms with Crippen LogP contribution >= 0.6 is 11.3 Å². The van der Waals surface area contributed by atoms with Crippen molar-refractivity contribution < 1.29 is 9.59 Å². The van der Waals surface area contributed by atoms with Crippen LogP contribution in [0.15, 0.2) is 30.5 Å². The van der Waals surface area contributed by atoms with E-state index in [1.54, 1.807) is 18.3 Å². The maximum atomic E-state index is 12.3. The molecule has 2 aromatic rings. The number of rotatable bonds is 5. The molecule has 0 bridgehead atoms. The van der Waals surface area contributed by atoms with Crippen LogP contribution < -0.4 is 10.6 Å². The van der Waals surface area contributed by atoms with Gasteiger partial charge >= 0.3 is 0 Å². The van der Waals surface area contributed by atoms with Crippen LogP contribution in [0.3, 0.4) is 0 Å². The van der Waals surface area contributed by atoms with Crippen molar-refractivity contribution >= 4 is 34.0 Å². The maximum absolute atomic E-state index is 12.3. The number of benzene rings is 1. The molecule has 122 valence electrons. The number of aromatic nitrogens is 1. The van der Waals surface area contributed by atoms with Gasteiger partial charge in [-0.1, -0.05) is 26.0 Å². The smallest absolute Gasteiger partial charge is 0.233 e. The van der Waals surface area contributed by atoms with Crippen molar-refractivity contribution in [2.45, 2.75) is 39.5 Å². The quantitative estimate of drug-likeness (QED) is 0.870. The summed E-state index contributed by atoms with van der Waals surface area (Å²) in [5.41, 5.74) is 1.60. The molecule has 1 aromatic carbocycles. The summed E-state index contributed by atoms with van der Waals surface area (Å²) in [4.78, 5) is 28.7. The molecule has 0 fully saturated rings. The average molecular weight is 333 g/mol. The fourth-order valence-electron chi connectivity index (χ4n) is 2.03. The molecule has 0 radical (unpaired) electrons. The second-order valence-electron chi connectivity index (χ2n) is 5.74. The minimum Gasteiger partial charge on any atom is -0.326 e. The van der Waals surface area contributed by atoms with E-state index in [4.69, 9.17) is 0 Å². The van der Waals surface area contributed by atoms with E-state index in [1.807, 2.05) is 19.1 Å².